The number of hydrogen-bond donors (Lipinski definition) is 0. The van der Waals surface area contributed by atoms with Crippen molar-refractivity contribution < 1.29 is 4.74 Å². The van der Waals surface area contributed by atoms with E-state index in [4.69, 9.17) is 16.3 Å². The Morgan fingerprint density at radius 2 is 1.94 bits per heavy atom. The molecule has 0 N–H and O–H groups in total. The lowest BCUT2D eigenvalue weighted by Crippen LogP contribution is -2.44. The van der Waals surface area contributed by atoms with Gasteiger partial charge in [0, 0.05) is 32.2 Å². The van der Waals surface area contributed by atoms with Crippen molar-refractivity contribution >= 4 is 23.0 Å². The Labute approximate surface area is 111 Å². The van der Waals surface area contributed by atoms with Gasteiger partial charge in [0.05, 0.1) is 17.8 Å². The third-order valence-electron chi connectivity index (χ3n) is 3.19. The van der Waals surface area contributed by atoms with E-state index in [9.17, 15) is 4.91 Å². The van der Waals surface area contributed by atoms with Gasteiger partial charge in [0.1, 0.15) is 5.75 Å². The molecule has 0 spiro atoms. The second kappa shape index (κ2) is 5.54. The molecule has 1 aromatic carbocycles. The molecule has 0 atom stereocenters. The number of ether oxygens (including phenoxy) is 1. The van der Waals surface area contributed by atoms with Gasteiger partial charge < -0.3 is 14.5 Å². The van der Waals surface area contributed by atoms with Crippen molar-refractivity contribution in [3.05, 3.63) is 22.1 Å². The molecule has 98 valence electrons. The molecule has 0 radical (unpaired) electrons. The monoisotopic (exact) mass is 269 g/mol. The molecule has 0 aliphatic carbocycles. The molecule has 0 unspecified atom stereocenters. The molecule has 2 rings (SSSR count). The molecule has 6 heteroatoms. The number of rotatable bonds is 3. The van der Waals surface area contributed by atoms with Crippen LogP contribution in [0.5, 0.6) is 5.75 Å². The summed E-state index contributed by atoms with van der Waals surface area (Å²) in [6.07, 6.45) is 0. The summed E-state index contributed by atoms with van der Waals surface area (Å²) in [4.78, 5) is 15.1. The van der Waals surface area contributed by atoms with Gasteiger partial charge in [0.25, 0.3) is 0 Å². The van der Waals surface area contributed by atoms with E-state index < -0.39 is 0 Å². The van der Waals surface area contributed by atoms with Gasteiger partial charge in [-0.1, -0.05) is 11.6 Å². The zero-order valence-electron chi connectivity index (χ0n) is 10.5. The lowest BCUT2D eigenvalue weighted by Gasteiger charge is -2.34. The number of nitroso groups, excluding NO2 is 1. The average molecular weight is 270 g/mol. The standard InChI is InChI=1S/C12H16ClN3O2/c1-15-3-5-16(6-4-15)11-8-12(18-2)10(14-17)7-9(11)13/h7-8H,3-6H2,1-2H3. The second-order valence-electron chi connectivity index (χ2n) is 4.36. The fraction of sp³-hybridized carbons (Fsp3) is 0.500. The lowest BCUT2D eigenvalue weighted by molar-refractivity contribution is 0.312. The Morgan fingerprint density at radius 3 is 2.50 bits per heavy atom. The Bertz CT molecular complexity index is 445. The number of likely N-dealkylation sites (N-methyl/N-ethyl adjacent to an activating group) is 1. The van der Waals surface area contributed by atoms with Crippen LogP contribution in [0.3, 0.4) is 0 Å². The number of piperazine rings is 1. The highest BCUT2D eigenvalue weighted by Crippen LogP contribution is 2.38. The van der Waals surface area contributed by atoms with E-state index in [1.165, 1.54) is 7.11 Å². The maximum Gasteiger partial charge on any atom is 0.151 e. The van der Waals surface area contributed by atoms with E-state index in [0.29, 0.717) is 10.8 Å². The molecule has 0 bridgehead atoms. The largest absolute Gasteiger partial charge is 0.494 e. The molecular formula is C12H16ClN3O2. The quantitative estimate of drug-likeness (QED) is 0.791. The first-order valence-corrected chi connectivity index (χ1v) is 6.18. The summed E-state index contributed by atoms with van der Waals surface area (Å²) in [6.45, 7) is 3.80. The smallest absolute Gasteiger partial charge is 0.151 e. The predicted molar refractivity (Wildman–Crippen MR) is 73.2 cm³/mol. The van der Waals surface area contributed by atoms with E-state index in [1.54, 1.807) is 12.1 Å². The number of nitrogens with zero attached hydrogens (tertiary/aromatic N) is 3. The molecule has 1 heterocycles. The van der Waals surface area contributed by atoms with E-state index in [2.05, 4.69) is 22.0 Å². The van der Waals surface area contributed by atoms with Gasteiger partial charge in [-0.15, -0.1) is 4.91 Å². The van der Waals surface area contributed by atoms with Crippen LogP contribution >= 0.6 is 11.6 Å². The SMILES string of the molecule is COc1cc(N2CCN(C)CC2)c(Cl)cc1N=O. The average Bonchev–Trinajstić information content (AvgIpc) is 2.39. The lowest BCUT2D eigenvalue weighted by atomic mass is 10.2. The Morgan fingerprint density at radius 1 is 1.28 bits per heavy atom. The molecule has 0 saturated carbocycles. The molecular weight excluding hydrogens is 254 g/mol. The highest BCUT2D eigenvalue weighted by atomic mass is 35.5. The fourth-order valence-electron chi connectivity index (χ4n) is 2.06. The highest BCUT2D eigenvalue weighted by Gasteiger charge is 2.19. The molecule has 5 nitrogen and oxygen atoms in total. The third-order valence-corrected chi connectivity index (χ3v) is 3.49. The second-order valence-corrected chi connectivity index (χ2v) is 4.76. The van der Waals surface area contributed by atoms with Crippen molar-refractivity contribution in [3.8, 4) is 5.75 Å². The topological polar surface area (TPSA) is 45.1 Å². The minimum absolute atomic E-state index is 0.236. The van der Waals surface area contributed by atoms with Crippen LogP contribution in [-0.4, -0.2) is 45.2 Å². The summed E-state index contributed by atoms with van der Waals surface area (Å²) in [6, 6.07) is 3.34. The first-order chi connectivity index (χ1) is 8.65. The van der Waals surface area contributed by atoms with Crippen molar-refractivity contribution in [1.82, 2.24) is 4.90 Å². The Kier molecular flexibility index (Phi) is 4.04. The van der Waals surface area contributed by atoms with Crippen molar-refractivity contribution in [2.75, 3.05) is 45.2 Å². The summed E-state index contributed by atoms with van der Waals surface area (Å²) in [5.41, 5.74) is 1.13. The van der Waals surface area contributed by atoms with Crippen molar-refractivity contribution in [3.63, 3.8) is 0 Å². The van der Waals surface area contributed by atoms with Gasteiger partial charge in [-0.05, 0) is 18.3 Å². The molecule has 1 fully saturated rings. The number of benzene rings is 1. The van der Waals surface area contributed by atoms with Gasteiger partial charge in [0.15, 0.2) is 5.69 Å². The molecule has 18 heavy (non-hydrogen) atoms. The molecule has 0 amide bonds. The zero-order valence-corrected chi connectivity index (χ0v) is 11.3. The van der Waals surface area contributed by atoms with Crippen LogP contribution in [0.25, 0.3) is 0 Å². The molecule has 0 aromatic heterocycles. The van der Waals surface area contributed by atoms with E-state index >= 15 is 0 Å². The minimum atomic E-state index is 0.236. The number of halogens is 1. The van der Waals surface area contributed by atoms with Gasteiger partial charge in [-0.3, -0.25) is 0 Å². The predicted octanol–water partition coefficient (Wildman–Crippen LogP) is 2.50. The van der Waals surface area contributed by atoms with Crippen LogP contribution in [0.4, 0.5) is 11.4 Å². The summed E-state index contributed by atoms with van der Waals surface area (Å²) in [5, 5.41) is 3.45. The minimum Gasteiger partial charge on any atom is -0.494 e. The molecule has 1 saturated heterocycles. The maximum atomic E-state index is 10.7. The van der Waals surface area contributed by atoms with Crippen LogP contribution in [0.2, 0.25) is 5.02 Å². The van der Waals surface area contributed by atoms with E-state index in [0.717, 1.165) is 31.9 Å². The van der Waals surface area contributed by atoms with Gasteiger partial charge >= 0.3 is 0 Å². The third kappa shape index (κ3) is 2.57. The van der Waals surface area contributed by atoms with E-state index in [1.807, 2.05) is 0 Å². The van der Waals surface area contributed by atoms with Crippen LogP contribution in [0.1, 0.15) is 0 Å². The van der Waals surface area contributed by atoms with Gasteiger partial charge in [0.2, 0.25) is 0 Å². The van der Waals surface area contributed by atoms with Crippen LogP contribution in [0, 0.1) is 4.91 Å². The van der Waals surface area contributed by atoms with Crippen LogP contribution < -0.4 is 9.64 Å². The van der Waals surface area contributed by atoms with E-state index in [-0.39, 0.29) is 5.69 Å². The van der Waals surface area contributed by atoms with Crippen molar-refractivity contribution in [1.29, 1.82) is 0 Å². The molecule has 1 aliphatic rings. The van der Waals surface area contributed by atoms with Crippen LogP contribution in [0.15, 0.2) is 17.3 Å². The number of anilines is 1. The summed E-state index contributed by atoms with van der Waals surface area (Å²) in [5.74, 6) is 0.461. The maximum absolute atomic E-state index is 10.7. The van der Waals surface area contributed by atoms with Gasteiger partial charge in [-0.25, -0.2) is 0 Å². The first-order valence-electron chi connectivity index (χ1n) is 5.80. The zero-order chi connectivity index (χ0) is 13.1. The summed E-state index contributed by atoms with van der Waals surface area (Å²) >= 11 is 6.20. The summed E-state index contributed by atoms with van der Waals surface area (Å²) < 4.78 is 5.15. The Hall–Kier alpha value is -1.33. The van der Waals surface area contributed by atoms with Crippen molar-refractivity contribution in [2.45, 2.75) is 0 Å². The number of hydrogen-bond acceptors (Lipinski definition) is 5. The first kappa shape index (κ1) is 13.1. The normalized spacial score (nSPS) is 16.7. The fourth-order valence-corrected chi connectivity index (χ4v) is 2.33. The van der Waals surface area contributed by atoms with Crippen LogP contribution in [-0.2, 0) is 0 Å². The molecule has 1 aliphatic heterocycles. The summed E-state index contributed by atoms with van der Waals surface area (Å²) in [7, 11) is 3.62. The van der Waals surface area contributed by atoms with Gasteiger partial charge in [-0.2, -0.15) is 0 Å². The highest BCUT2D eigenvalue weighted by molar-refractivity contribution is 6.33. The number of methoxy groups -OCH3 is 1. The molecule has 1 aromatic rings. The van der Waals surface area contributed by atoms with Crippen molar-refractivity contribution in [2.24, 2.45) is 5.18 Å². The Balaban J connectivity index is 2.30.